The van der Waals surface area contributed by atoms with Crippen molar-refractivity contribution >= 4 is 33.1 Å². The fourth-order valence-corrected chi connectivity index (χ4v) is 4.29. The molecule has 4 aromatic rings. The van der Waals surface area contributed by atoms with Gasteiger partial charge < -0.3 is 5.32 Å². The van der Waals surface area contributed by atoms with Crippen LogP contribution in [0.15, 0.2) is 78.2 Å². The van der Waals surface area contributed by atoms with E-state index in [0.717, 1.165) is 17.7 Å². The Morgan fingerprint density at radius 2 is 1.74 bits per heavy atom. The normalized spacial score (nSPS) is 18.4. The Hall–Kier alpha value is -2.98. The molecule has 4 heteroatoms. The summed E-state index contributed by atoms with van der Waals surface area (Å²) in [5.41, 5.74) is 3.21. The van der Waals surface area contributed by atoms with Gasteiger partial charge in [-0.15, -0.1) is 11.3 Å². The quantitative estimate of drug-likeness (QED) is 0.500. The zero-order valence-corrected chi connectivity index (χ0v) is 15.4. The summed E-state index contributed by atoms with van der Waals surface area (Å²) >= 11 is 1.48. The number of aromatic nitrogens is 1. The molecule has 0 saturated heterocycles. The highest BCUT2D eigenvalue weighted by Gasteiger charge is 2.44. The SMILES string of the molecule is O=C(Nc1nc(-c2ccc3ccccc3c2)cs1)[C@@H]1C[C@H]1c1ccccc1. The van der Waals surface area contributed by atoms with Gasteiger partial charge in [-0.1, -0.05) is 66.7 Å². The Morgan fingerprint density at radius 3 is 2.59 bits per heavy atom. The van der Waals surface area contributed by atoms with Crippen molar-refractivity contribution in [3.05, 3.63) is 83.7 Å². The summed E-state index contributed by atoms with van der Waals surface area (Å²) in [5, 5.41) is 8.07. The van der Waals surface area contributed by atoms with Crippen molar-refractivity contribution in [1.82, 2.24) is 4.98 Å². The summed E-state index contributed by atoms with van der Waals surface area (Å²) in [7, 11) is 0. The third-order valence-corrected chi connectivity index (χ3v) is 5.89. The Bertz CT molecular complexity index is 1120. The van der Waals surface area contributed by atoms with Crippen molar-refractivity contribution in [2.24, 2.45) is 5.92 Å². The Labute approximate surface area is 161 Å². The van der Waals surface area contributed by atoms with Gasteiger partial charge in [-0.2, -0.15) is 0 Å². The lowest BCUT2D eigenvalue weighted by atomic mass is 10.1. The van der Waals surface area contributed by atoms with E-state index < -0.39 is 0 Å². The molecule has 1 saturated carbocycles. The van der Waals surface area contributed by atoms with Crippen LogP contribution in [0.5, 0.6) is 0 Å². The lowest BCUT2D eigenvalue weighted by molar-refractivity contribution is -0.117. The van der Waals surface area contributed by atoms with Crippen LogP contribution in [-0.4, -0.2) is 10.9 Å². The van der Waals surface area contributed by atoms with Gasteiger partial charge in [0, 0.05) is 16.9 Å². The Morgan fingerprint density at radius 1 is 0.963 bits per heavy atom. The van der Waals surface area contributed by atoms with Crippen LogP contribution in [0.2, 0.25) is 0 Å². The van der Waals surface area contributed by atoms with E-state index in [1.54, 1.807) is 0 Å². The first-order chi connectivity index (χ1) is 13.3. The van der Waals surface area contributed by atoms with Crippen LogP contribution in [0.1, 0.15) is 17.9 Å². The molecule has 0 radical (unpaired) electrons. The van der Waals surface area contributed by atoms with Gasteiger partial charge in [0.25, 0.3) is 0 Å². The summed E-state index contributed by atoms with van der Waals surface area (Å²) in [6.45, 7) is 0. The van der Waals surface area contributed by atoms with Crippen LogP contribution in [-0.2, 0) is 4.79 Å². The highest BCUT2D eigenvalue weighted by atomic mass is 32.1. The number of hydrogen-bond acceptors (Lipinski definition) is 3. The molecule has 1 aliphatic rings. The van der Waals surface area contributed by atoms with Gasteiger partial charge in [0.05, 0.1) is 5.69 Å². The number of carbonyl (C=O) groups excluding carboxylic acids is 1. The number of rotatable bonds is 4. The molecule has 1 N–H and O–H groups in total. The van der Waals surface area contributed by atoms with Gasteiger partial charge in [-0.05, 0) is 34.7 Å². The monoisotopic (exact) mass is 370 g/mol. The van der Waals surface area contributed by atoms with E-state index in [1.165, 1.54) is 27.7 Å². The Kier molecular flexibility index (Phi) is 3.98. The summed E-state index contributed by atoms with van der Waals surface area (Å²) in [5.74, 6) is 0.467. The van der Waals surface area contributed by atoms with Crippen LogP contribution in [0.25, 0.3) is 22.0 Å². The van der Waals surface area contributed by atoms with Crippen LogP contribution < -0.4 is 5.32 Å². The van der Waals surface area contributed by atoms with E-state index >= 15 is 0 Å². The molecule has 1 fully saturated rings. The van der Waals surface area contributed by atoms with Crippen LogP contribution in [0.3, 0.4) is 0 Å². The number of fused-ring (bicyclic) bond motifs is 1. The van der Waals surface area contributed by atoms with Crippen molar-refractivity contribution in [1.29, 1.82) is 0 Å². The van der Waals surface area contributed by atoms with Gasteiger partial charge in [0.1, 0.15) is 0 Å². The van der Waals surface area contributed by atoms with Gasteiger partial charge in [0.15, 0.2) is 5.13 Å². The van der Waals surface area contributed by atoms with E-state index in [1.807, 2.05) is 35.7 Å². The molecule has 0 bridgehead atoms. The number of amides is 1. The van der Waals surface area contributed by atoms with E-state index in [-0.39, 0.29) is 11.8 Å². The fourth-order valence-electron chi connectivity index (χ4n) is 3.56. The van der Waals surface area contributed by atoms with E-state index in [9.17, 15) is 4.79 Å². The zero-order chi connectivity index (χ0) is 18.2. The van der Waals surface area contributed by atoms with Gasteiger partial charge >= 0.3 is 0 Å². The molecule has 1 heterocycles. The standard InChI is InChI=1S/C23H18N2OS/c26-22(20-13-19(20)16-7-2-1-3-8-16)25-23-24-21(14-27-23)18-11-10-15-6-4-5-9-17(15)12-18/h1-12,14,19-20H,13H2,(H,24,25,26)/t19-,20+/m0/s1. The minimum Gasteiger partial charge on any atom is -0.302 e. The molecular formula is C23H18N2OS. The first kappa shape index (κ1) is 16.2. The molecule has 0 spiro atoms. The lowest BCUT2D eigenvalue weighted by Gasteiger charge is -2.02. The average Bonchev–Trinajstić information content (AvgIpc) is 3.40. The number of thiazole rings is 1. The van der Waals surface area contributed by atoms with Gasteiger partial charge in [-0.25, -0.2) is 4.98 Å². The summed E-state index contributed by atoms with van der Waals surface area (Å²) in [4.78, 5) is 17.2. The molecule has 27 heavy (non-hydrogen) atoms. The molecule has 0 aliphatic heterocycles. The molecule has 3 nitrogen and oxygen atoms in total. The lowest BCUT2D eigenvalue weighted by Crippen LogP contribution is -2.14. The molecule has 1 aromatic heterocycles. The fraction of sp³-hybridized carbons (Fsp3) is 0.130. The van der Waals surface area contributed by atoms with Crippen molar-refractivity contribution in [3.8, 4) is 11.3 Å². The third kappa shape index (κ3) is 3.24. The first-order valence-corrected chi connectivity index (χ1v) is 9.96. The first-order valence-electron chi connectivity index (χ1n) is 9.08. The maximum absolute atomic E-state index is 12.5. The molecule has 3 aromatic carbocycles. The minimum atomic E-state index is 0.0559. The van der Waals surface area contributed by atoms with Gasteiger partial charge in [0.2, 0.25) is 5.91 Å². The topological polar surface area (TPSA) is 42.0 Å². The molecule has 0 unspecified atom stereocenters. The second-order valence-electron chi connectivity index (χ2n) is 6.95. The number of nitrogens with one attached hydrogen (secondary N) is 1. The van der Waals surface area contributed by atoms with Crippen molar-refractivity contribution in [2.45, 2.75) is 12.3 Å². The molecule has 5 rings (SSSR count). The molecule has 1 aliphatic carbocycles. The Balaban J connectivity index is 1.30. The number of carbonyl (C=O) groups is 1. The van der Waals surface area contributed by atoms with E-state index in [0.29, 0.717) is 11.0 Å². The highest BCUT2D eigenvalue weighted by molar-refractivity contribution is 7.14. The summed E-state index contributed by atoms with van der Waals surface area (Å²) < 4.78 is 0. The second-order valence-corrected chi connectivity index (χ2v) is 7.81. The number of anilines is 1. The second kappa shape index (κ2) is 6.63. The third-order valence-electron chi connectivity index (χ3n) is 5.13. The van der Waals surface area contributed by atoms with Crippen molar-refractivity contribution in [3.63, 3.8) is 0 Å². The summed E-state index contributed by atoms with van der Waals surface area (Å²) in [6.07, 6.45) is 0.915. The van der Waals surface area contributed by atoms with E-state index in [2.05, 4.69) is 52.8 Å². The van der Waals surface area contributed by atoms with Crippen LogP contribution in [0.4, 0.5) is 5.13 Å². The van der Waals surface area contributed by atoms with Crippen molar-refractivity contribution in [2.75, 3.05) is 5.32 Å². The van der Waals surface area contributed by atoms with Crippen molar-refractivity contribution < 1.29 is 4.79 Å². The predicted octanol–water partition coefficient (Wildman–Crippen LogP) is 5.71. The molecular weight excluding hydrogens is 352 g/mol. The number of benzene rings is 3. The van der Waals surface area contributed by atoms with Gasteiger partial charge in [-0.3, -0.25) is 4.79 Å². The number of nitrogens with zero attached hydrogens (tertiary/aromatic N) is 1. The maximum Gasteiger partial charge on any atom is 0.229 e. The predicted molar refractivity (Wildman–Crippen MR) is 111 cm³/mol. The number of hydrogen-bond donors (Lipinski definition) is 1. The molecule has 2 atom stereocenters. The maximum atomic E-state index is 12.5. The highest BCUT2D eigenvalue weighted by Crippen LogP contribution is 2.48. The molecule has 1 amide bonds. The zero-order valence-electron chi connectivity index (χ0n) is 14.6. The molecule has 132 valence electrons. The average molecular weight is 370 g/mol. The van der Waals surface area contributed by atoms with Crippen LogP contribution in [0, 0.1) is 5.92 Å². The van der Waals surface area contributed by atoms with Crippen LogP contribution >= 0.6 is 11.3 Å². The minimum absolute atomic E-state index is 0.0559. The summed E-state index contributed by atoms with van der Waals surface area (Å²) in [6, 6.07) is 24.9. The largest absolute Gasteiger partial charge is 0.302 e. The smallest absolute Gasteiger partial charge is 0.229 e. The van der Waals surface area contributed by atoms with E-state index in [4.69, 9.17) is 0 Å².